The Bertz CT molecular complexity index is 1070. The number of sulfonamides is 2. The van der Waals surface area contributed by atoms with Gasteiger partial charge in [0.25, 0.3) is 10.0 Å². The van der Waals surface area contributed by atoms with E-state index in [4.69, 9.17) is 4.74 Å². The molecule has 1 N–H and O–H groups in total. The molecule has 1 aromatic carbocycles. The fraction of sp³-hybridized carbons (Fsp3) is 0.312. The highest BCUT2D eigenvalue weighted by Crippen LogP contribution is 2.31. The van der Waals surface area contributed by atoms with Gasteiger partial charge in [-0.25, -0.2) is 25.9 Å². The van der Waals surface area contributed by atoms with Gasteiger partial charge in [0.2, 0.25) is 10.0 Å². The van der Waals surface area contributed by atoms with E-state index in [1.54, 1.807) is 6.92 Å². The smallest absolute Gasteiger partial charge is 0.349 e. The summed E-state index contributed by atoms with van der Waals surface area (Å²) in [5.41, 5.74) is 0.00546. The number of rotatable bonds is 8. The summed E-state index contributed by atoms with van der Waals surface area (Å²) in [4.78, 5) is 11.2. The van der Waals surface area contributed by atoms with Crippen molar-refractivity contribution in [1.82, 2.24) is 4.31 Å². The van der Waals surface area contributed by atoms with E-state index >= 15 is 0 Å². The van der Waals surface area contributed by atoms with E-state index in [1.165, 1.54) is 43.7 Å². The molecule has 0 unspecified atom stereocenters. The summed E-state index contributed by atoms with van der Waals surface area (Å²) >= 11 is 0.924. The van der Waals surface area contributed by atoms with Crippen LogP contribution in [0.15, 0.2) is 39.4 Å². The van der Waals surface area contributed by atoms with Crippen molar-refractivity contribution in [2.45, 2.75) is 16.7 Å². The number of carbonyl (C=O) groups is 1. The number of methoxy groups -OCH3 is 1. The van der Waals surface area contributed by atoms with E-state index in [-0.39, 0.29) is 32.7 Å². The molecule has 1 heterocycles. The molecule has 28 heavy (non-hydrogen) atoms. The van der Waals surface area contributed by atoms with Crippen molar-refractivity contribution in [3.05, 3.63) is 34.5 Å². The van der Waals surface area contributed by atoms with Crippen molar-refractivity contribution in [2.75, 3.05) is 32.5 Å². The monoisotopic (exact) mass is 448 g/mol. The molecular weight excluding hydrogens is 428 g/mol. The van der Waals surface area contributed by atoms with E-state index in [0.29, 0.717) is 0 Å². The Morgan fingerprint density at radius 3 is 2.39 bits per heavy atom. The van der Waals surface area contributed by atoms with Crippen molar-refractivity contribution >= 4 is 43.0 Å². The Morgan fingerprint density at radius 1 is 1.14 bits per heavy atom. The molecule has 154 valence electrons. The summed E-state index contributed by atoms with van der Waals surface area (Å²) < 4.78 is 63.8. The third-order valence-corrected chi connectivity index (χ3v) is 7.83. The topological polar surface area (TPSA) is 119 Å². The second-order valence-electron chi connectivity index (χ2n) is 5.59. The highest BCUT2D eigenvalue weighted by atomic mass is 32.2. The Balaban J connectivity index is 2.50. The molecule has 12 heteroatoms. The van der Waals surface area contributed by atoms with Crippen molar-refractivity contribution in [1.29, 1.82) is 0 Å². The summed E-state index contributed by atoms with van der Waals surface area (Å²) in [6.45, 7) is 1.94. The summed E-state index contributed by atoms with van der Waals surface area (Å²) in [7, 11) is -4.18. The van der Waals surface area contributed by atoms with Gasteiger partial charge in [-0.3, -0.25) is 4.72 Å². The highest BCUT2D eigenvalue weighted by Gasteiger charge is 2.27. The predicted octanol–water partition coefficient (Wildman–Crippen LogP) is 1.98. The third-order valence-electron chi connectivity index (χ3n) is 3.54. The zero-order chi connectivity index (χ0) is 21.1. The second kappa shape index (κ2) is 8.47. The summed E-state index contributed by atoms with van der Waals surface area (Å²) in [6.07, 6.45) is 0. The molecule has 0 bridgehead atoms. The van der Waals surface area contributed by atoms with E-state index in [1.807, 2.05) is 0 Å². The predicted molar refractivity (Wildman–Crippen MR) is 105 cm³/mol. The molecule has 0 aliphatic heterocycles. The van der Waals surface area contributed by atoms with Crippen LogP contribution in [0.3, 0.4) is 0 Å². The number of hydrogen-bond acceptors (Lipinski definition) is 8. The Hall–Kier alpha value is -2.15. The number of hydrogen-bond donors (Lipinski definition) is 1. The summed E-state index contributed by atoms with van der Waals surface area (Å²) in [5, 5.41) is 1.45. The first-order valence-corrected chi connectivity index (χ1v) is 11.7. The van der Waals surface area contributed by atoms with Crippen LogP contribution in [-0.2, 0) is 24.8 Å². The van der Waals surface area contributed by atoms with E-state index in [2.05, 4.69) is 9.46 Å². The molecule has 0 fully saturated rings. The lowest BCUT2D eigenvalue weighted by Gasteiger charge is -2.17. The molecule has 0 spiro atoms. The minimum atomic E-state index is -4.15. The van der Waals surface area contributed by atoms with Gasteiger partial charge in [0, 0.05) is 14.1 Å². The molecule has 0 aliphatic carbocycles. The normalized spacial score (nSPS) is 12.0. The number of thiophene rings is 1. The number of anilines is 1. The summed E-state index contributed by atoms with van der Waals surface area (Å²) in [5.74, 6) is -0.678. The first-order valence-electron chi connectivity index (χ1n) is 7.92. The molecule has 1 aromatic heterocycles. The van der Waals surface area contributed by atoms with Crippen LogP contribution >= 0.6 is 11.3 Å². The van der Waals surface area contributed by atoms with Gasteiger partial charge < -0.3 is 9.47 Å². The fourth-order valence-electron chi connectivity index (χ4n) is 2.21. The average Bonchev–Trinajstić information content (AvgIpc) is 3.13. The molecule has 9 nitrogen and oxygen atoms in total. The lowest BCUT2D eigenvalue weighted by molar-refractivity contribution is 0.0602. The van der Waals surface area contributed by atoms with Crippen LogP contribution in [-0.4, -0.2) is 54.9 Å². The zero-order valence-corrected chi connectivity index (χ0v) is 18.1. The number of nitrogens with zero attached hydrogens (tertiary/aromatic N) is 1. The van der Waals surface area contributed by atoms with Gasteiger partial charge in [0.1, 0.15) is 20.4 Å². The minimum absolute atomic E-state index is 0.00546. The van der Waals surface area contributed by atoms with Crippen molar-refractivity contribution in [3.63, 3.8) is 0 Å². The van der Waals surface area contributed by atoms with Gasteiger partial charge in [-0.05, 0) is 36.6 Å². The maximum Gasteiger partial charge on any atom is 0.349 e. The first-order chi connectivity index (χ1) is 13.0. The van der Waals surface area contributed by atoms with E-state index in [9.17, 15) is 21.6 Å². The second-order valence-corrected chi connectivity index (χ2v) is 10.3. The van der Waals surface area contributed by atoms with Gasteiger partial charge >= 0.3 is 5.97 Å². The third kappa shape index (κ3) is 4.46. The van der Waals surface area contributed by atoms with Crippen LogP contribution < -0.4 is 9.46 Å². The van der Waals surface area contributed by atoms with E-state index < -0.39 is 26.0 Å². The first kappa shape index (κ1) is 22.1. The quantitative estimate of drug-likeness (QED) is 0.613. The standard InChI is InChI=1S/C16H20N2O7S3/c1-5-25-12-7-6-11(10-14(12)28(22,23)18(2)3)17-27(20,21)13-8-9-26-15(13)16(19)24-4/h6-10,17H,5H2,1-4H3. The SMILES string of the molecule is CCOc1ccc(NS(=O)(=O)c2ccsc2C(=O)OC)cc1S(=O)(=O)N(C)C. The Morgan fingerprint density at radius 2 is 1.82 bits per heavy atom. The zero-order valence-electron chi connectivity index (χ0n) is 15.6. The number of benzene rings is 1. The Labute approximate surface area is 168 Å². The summed E-state index contributed by atoms with van der Waals surface area (Å²) in [6, 6.07) is 5.18. The fourth-order valence-corrected chi connectivity index (χ4v) is 5.64. The number of nitrogens with one attached hydrogen (secondary N) is 1. The molecule has 0 saturated carbocycles. The van der Waals surface area contributed by atoms with Crippen molar-refractivity contribution in [2.24, 2.45) is 0 Å². The lowest BCUT2D eigenvalue weighted by Crippen LogP contribution is -2.23. The van der Waals surface area contributed by atoms with Gasteiger partial charge in [-0.1, -0.05) is 0 Å². The van der Waals surface area contributed by atoms with Crippen molar-refractivity contribution < 1.29 is 31.1 Å². The highest BCUT2D eigenvalue weighted by molar-refractivity contribution is 7.93. The minimum Gasteiger partial charge on any atom is -0.492 e. The molecule has 0 atom stereocenters. The lowest BCUT2D eigenvalue weighted by atomic mass is 10.3. The molecule has 0 aliphatic rings. The number of carbonyl (C=O) groups excluding carboxylic acids is 1. The van der Waals surface area contributed by atoms with Gasteiger partial charge in [0.05, 0.1) is 19.4 Å². The largest absolute Gasteiger partial charge is 0.492 e. The van der Waals surface area contributed by atoms with Crippen LogP contribution in [0.4, 0.5) is 5.69 Å². The molecule has 2 aromatic rings. The van der Waals surface area contributed by atoms with Crippen LogP contribution in [0, 0.1) is 0 Å². The van der Waals surface area contributed by atoms with Gasteiger partial charge in [-0.2, -0.15) is 0 Å². The molecular formula is C16H20N2O7S3. The van der Waals surface area contributed by atoms with Gasteiger partial charge in [0.15, 0.2) is 0 Å². The Kier molecular flexibility index (Phi) is 6.70. The molecule has 0 saturated heterocycles. The van der Waals surface area contributed by atoms with Crippen LogP contribution in [0.25, 0.3) is 0 Å². The molecule has 0 amide bonds. The maximum absolute atomic E-state index is 12.7. The van der Waals surface area contributed by atoms with Gasteiger partial charge in [-0.15, -0.1) is 11.3 Å². The molecule has 0 radical (unpaired) electrons. The number of esters is 1. The number of ether oxygens (including phenoxy) is 2. The van der Waals surface area contributed by atoms with Crippen molar-refractivity contribution in [3.8, 4) is 5.75 Å². The van der Waals surface area contributed by atoms with Crippen LogP contribution in [0.1, 0.15) is 16.6 Å². The average molecular weight is 449 g/mol. The van der Waals surface area contributed by atoms with E-state index in [0.717, 1.165) is 22.8 Å². The molecule has 2 rings (SSSR count). The maximum atomic E-state index is 12.7. The van der Waals surface area contributed by atoms with Crippen LogP contribution in [0.5, 0.6) is 5.75 Å². The van der Waals surface area contributed by atoms with Crippen LogP contribution in [0.2, 0.25) is 0 Å².